The van der Waals surface area contributed by atoms with Gasteiger partial charge in [0.2, 0.25) is 0 Å². The average molecular weight is 214 g/mol. The van der Waals surface area contributed by atoms with E-state index in [2.05, 4.69) is 25.8 Å². The van der Waals surface area contributed by atoms with E-state index in [-0.39, 0.29) is 0 Å². The van der Waals surface area contributed by atoms with Crippen LogP contribution in [0.5, 0.6) is 0 Å². The van der Waals surface area contributed by atoms with Crippen LogP contribution in [0, 0.1) is 5.41 Å². The molecule has 1 N–H and O–H groups in total. The topological polar surface area (TPSA) is 32.9 Å². The van der Waals surface area contributed by atoms with Crippen LogP contribution in [0.1, 0.15) is 43.2 Å². The van der Waals surface area contributed by atoms with Crippen LogP contribution in [0.15, 0.2) is 6.07 Å². The standard InChI is InChI=1S/C11H16ClNO/c1-11(2,3)5-4-9-6-8(7-14)10(12)13-9/h6-7,13H,4-5H2,1-3H3. The molecule has 0 spiro atoms. The Morgan fingerprint density at radius 3 is 2.57 bits per heavy atom. The molecule has 0 fully saturated rings. The van der Waals surface area contributed by atoms with E-state index in [4.69, 9.17) is 11.6 Å². The van der Waals surface area contributed by atoms with E-state index in [1.807, 2.05) is 6.07 Å². The number of aromatic nitrogens is 1. The molecule has 3 heteroatoms. The predicted molar refractivity (Wildman–Crippen MR) is 59.0 cm³/mol. The van der Waals surface area contributed by atoms with Gasteiger partial charge in [0, 0.05) is 5.69 Å². The van der Waals surface area contributed by atoms with Gasteiger partial charge >= 0.3 is 0 Å². The Labute approximate surface area is 89.7 Å². The third-order valence-corrected chi connectivity index (χ3v) is 2.44. The average Bonchev–Trinajstić information content (AvgIpc) is 2.42. The lowest BCUT2D eigenvalue weighted by Crippen LogP contribution is -2.06. The van der Waals surface area contributed by atoms with Gasteiger partial charge in [-0.25, -0.2) is 0 Å². The molecule has 0 radical (unpaired) electrons. The Morgan fingerprint density at radius 2 is 2.14 bits per heavy atom. The van der Waals surface area contributed by atoms with Crippen molar-refractivity contribution in [2.45, 2.75) is 33.6 Å². The molecule has 0 saturated carbocycles. The van der Waals surface area contributed by atoms with Crippen LogP contribution < -0.4 is 0 Å². The lowest BCUT2D eigenvalue weighted by Gasteiger charge is -2.16. The minimum absolute atomic E-state index is 0.304. The van der Waals surface area contributed by atoms with Crippen molar-refractivity contribution >= 4 is 17.9 Å². The summed E-state index contributed by atoms with van der Waals surface area (Å²) in [5, 5.41) is 0.448. The molecule has 0 aliphatic rings. The van der Waals surface area contributed by atoms with Crippen molar-refractivity contribution in [1.82, 2.24) is 4.98 Å². The maximum Gasteiger partial charge on any atom is 0.153 e. The highest BCUT2D eigenvalue weighted by molar-refractivity contribution is 6.31. The number of hydrogen-bond acceptors (Lipinski definition) is 1. The maximum absolute atomic E-state index is 10.5. The number of aryl methyl sites for hydroxylation is 1. The molecule has 78 valence electrons. The third kappa shape index (κ3) is 3.18. The SMILES string of the molecule is CC(C)(C)CCc1cc(C=O)c(Cl)[nH]1. The van der Waals surface area contributed by atoms with E-state index in [0.717, 1.165) is 24.8 Å². The molecule has 0 unspecified atom stereocenters. The lowest BCUT2D eigenvalue weighted by molar-refractivity contribution is 0.112. The maximum atomic E-state index is 10.5. The highest BCUT2D eigenvalue weighted by Crippen LogP contribution is 2.23. The minimum Gasteiger partial charge on any atom is -0.349 e. The first-order valence-electron chi connectivity index (χ1n) is 4.75. The molecule has 0 aromatic carbocycles. The van der Waals surface area contributed by atoms with Crippen LogP contribution in [0.2, 0.25) is 5.15 Å². The number of aromatic amines is 1. The van der Waals surface area contributed by atoms with Crippen LogP contribution in [0.25, 0.3) is 0 Å². The second kappa shape index (κ2) is 4.18. The van der Waals surface area contributed by atoms with Crippen LogP contribution in [-0.4, -0.2) is 11.3 Å². The first-order chi connectivity index (χ1) is 6.42. The summed E-state index contributed by atoms with van der Waals surface area (Å²) in [4.78, 5) is 13.5. The smallest absolute Gasteiger partial charge is 0.153 e. The molecular formula is C11H16ClNO. The molecule has 1 rings (SSSR count). The Balaban J connectivity index is 2.64. The molecule has 14 heavy (non-hydrogen) atoms. The van der Waals surface area contributed by atoms with E-state index in [0.29, 0.717) is 16.1 Å². The highest BCUT2D eigenvalue weighted by Gasteiger charge is 2.12. The molecular weight excluding hydrogens is 198 g/mol. The summed E-state index contributed by atoms with van der Waals surface area (Å²) >= 11 is 5.81. The normalized spacial score (nSPS) is 11.7. The van der Waals surface area contributed by atoms with Gasteiger partial charge in [0.05, 0.1) is 5.56 Å². The van der Waals surface area contributed by atoms with Gasteiger partial charge in [0.15, 0.2) is 6.29 Å². The fourth-order valence-electron chi connectivity index (χ4n) is 1.23. The van der Waals surface area contributed by atoms with E-state index in [1.54, 1.807) is 0 Å². The number of hydrogen-bond donors (Lipinski definition) is 1. The lowest BCUT2D eigenvalue weighted by atomic mass is 9.90. The summed E-state index contributed by atoms with van der Waals surface area (Å²) in [5.74, 6) is 0. The van der Waals surface area contributed by atoms with Crippen molar-refractivity contribution in [3.8, 4) is 0 Å². The number of rotatable bonds is 3. The fraction of sp³-hybridized carbons (Fsp3) is 0.545. The van der Waals surface area contributed by atoms with Crippen LogP contribution in [0.3, 0.4) is 0 Å². The third-order valence-electron chi connectivity index (χ3n) is 2.12. The molecule has 1 heterocycles. The van der Waals surface area contributed by atoms with Crippen molar-refractivity contribution in [2.24, 2.45) is 5.41 Å². The van der Waals surface area contributed by atoms with Crippen molar-refractivity contribution < 1.29 is 4.79 Å². The van der Waals surface area contributed by atoms with Gasteiger partial charge in [0.1, 0.15) is 5.15 Å². The van der Waals surface area contributed by atoms with Crippen LogP contribution in [-0.2, 0) is 6.42 Å². The monoisotopic (exact) mass is 213 g/mol. The van der Waals surface area contributed by atoms with Gasteiger partial charge in [0.25, 0.3) is 0 Å². The van der Waals surface area contributed by atoms with Gasteiger partial charge in [-0.15, -0.1) is 0 Å². The zero-order valence-corrected chi connectivity index (χ0v) is 9.61. The molecule has 0 saturated heterocycles. The zero-order valence-electron chi connectivity index (χ0n) is 8.86. The Kier molecular flexibility index (Phi) is 3.38. The Bertz CT molecular complexity index is 323. The summed E-state index contributed by atoms with van der Waals surface area (Å²) in [6.45, 7) is 6.58. The molecule has 1 aromatic rings. The summed E-state index contributed by atoms with van der Waals surface area (Å²) < 4.78 is 0. The Hall–Kier alpha value is -0.760. The molecule has 1 aromatic heterocycles. The van der Waals surface area contributed by atoms with Crippen molar-refractivity contribution in [1.29, 1.82) is 0 Å². The number of nitrogens with one attached hydrogen (secondary N) is 1. The minimum atomic E-state index is 0.304. The first-order valence-corrected chi connectivity index (χ1v) is 5.13. The van der Waals surface area contributed by atoms with Crippen molar-refractivity contribution in [2.75, 3.05) is 0 Å². The van der Waals surface area contributed by atoms with Gasteiger partial charge in [-0.05, 0) is 24.3 Å². The quantitative estimate of drug-likeness (QED) is 0.767. The van der Waals surface area contributed by atoms with Crippen molar-refractivity contribution in [3.63, 3.8) is 0 Å². The van der Waals surface area contributed by atoms with Gasteiger partial charge in [-0.1, -0.05) is 32.4 Å². The second-order valence-electron chi connectivity index (χ2n) is 4.74. The summed E-state index contributed by atoms with van der Waals surface area (Å²) in [7, 11) is 0. The van der Waals surface area contributed by atoms with Crippen LogP contribution >= 0.6 is 11.6 Å². The zero-order chi connectivity index (χ0) is 10.8. The number of aldehydes is 1. The van der Waals surface area contributed by atoms with Crippen molar-refractivity contribution in [3.05, 3.63) is 22.5 Å². The molecule has 0 atom stereocenters. The first kappa shape index (κ1) is 11.3. The second-order valence-corrected chi connectivity index (χ2v) is 5.12. The number of halogens is 1. The fourth-order valence-corrected chi connectivity index (χ4v) is 1.45. The highest BCUT2D eigenvalue weighted by atomic mass is 35.5. The number of carbonyl (C=O) groups excluding carboxylic acids is 1. The summed E-state index contributed by atoms with van der Waals surface area (Å²) in [6.07, 6.45) is 2.78. The van der Waals surface area contributed by atoms with E-state index >= 15 is 0 Å². The molecule has 0 aliphatic carbocycles. The van der Waals surface area contributed by atoms with E-state index in [1.165, 1.54) is 0 Å². The van der Waals surface area contributed by atoms with Crippen LogP contribution in [0.4, 0.5) is 0 Å². The van der Waals surface area contributed by atoms with Gasteiger partial charge in [-0.2, -0.15) is 0 Å². The Morgan fingerprint density at radius 1 is 1.50 bits per heavy atom. The largest absolute Gasteiger partial charge is 0.349 e. The summed E-state index contributed by atoms with van der Waals surface area (Å²) in [6, 6.07) is 1.82. The number of carbonyl (C=O) groups is 1. The predicted octanol–water partition coefficient (Wildman–Crippen LogP) is 3.46. The number of H-pyrrole nitrogens is 1. The summed E-state index contributed by atoms with van der Waals surface area (Å²) in [5.41, 5.74) is 1.89. The molecule has 0 amide bonds. The van der Waals surface area contributed by atoms with Gasteiger partial charge < -0.3 is 4.98 Å². The van der Waals surface area contributed by atoms with E-state index < -0.39 is 0 Å². The molecule has 0 bridgehead atoms. The van der Waals surface area contributed by atoms with Gasteiger partial charge in [-0.3, -0.25) is 4.79 Å². The van der Waals surface area contributed by atoms with E-state index in [9.17, 15) is 4.79 Å². The molecule has 0 aliphatic heterocycles. The molecule has 2 nitrogen and oxygen atoms in total.